The van der Waals surface area contributed by atoms with Gasteiger partial charge in [-0.15, -0.1) is 0 Å². The van der Waals surface area contributed by atoms with Gasteiger partial charge in [0.2, 0.25) is 5.91 Å². The molecule has 35 heavy (non-hydrogen) atoms. The van der Waals surface area contributed by atoms with Gasteiger partial charge in [-0.3, -0.25) is 9.69 Å². The van der Waals surface area contributed by atoms with Crippen molar-refractivity contribution < 1.29 is 22.7 Å². The summed E-state index contributed by atoms with van der Waals surface area (Å²) in [4.78, 5) is 15.6. The summed E-state index contributed by atoms with van der Waals surface area (Å²) in [5.41, 5.74) is 1.51. The fourth-order valence-electron chi connectivity index (χ4n) is 3.72. The number of ether oxygens (including phenoxy) is 2. The maximum absolute atomic E-state index is 13.4. The van der Waals surface area contributed by atoms with Crippen LogP contribution < -0.4 is 14.8 Å². The lowest BCUT2D eigenvalue weighted by molar-refractivity contribution is -0.121. The van der Waals surface area contributed by atoms with Crippen LogP contribution in [0, 0.1) is 0 Å². The summed E-state index contributed by atoms with van der Waals surface area (Å²) in [5, 5.41) is 3.02. The number of hydrogen-bond donors (Lipinski definition) is 1. The quantitative estimate of drug-likeness (QED) is 0.370. The molecule has 1 atom stereocenters. The first kappa shape index (κ1) is 26.2. The minimum absolute atomic E-state index is 0.160. The number of para-hydroxylation sites is 2. The SMILES string of the molecule is CCOc1ccccc1NC(=O)C(c1ccccc1)N(C)CCCOc1cccc(S(C)(=O)=O)c1. The first-order chi connectivity index (χ1) is 16.8. The van der Waals surface area contributed by atoms with Gasteiger partial charge >= 0.3 is 0 Å². The second-order valence-corrected chi connectivity index (χ2v) is 10.2. The standard InChI is InChI=1S/C27H32N2O5S/c1-4-33-25-17-9-8-16-24(25)28-27(30)26(21-12-6-5-7-13-21)29(2)18-11-19-34-22-14-10-15-23(20-22)35(3,31)32/h5-10,12-17,20,26H,4,11,18-19H2,1-3H3,(H,28,30). The van der Waals surface area contributed by atoms with Crippen molar-refractivity contribution >= 4 is 21.4 Å². The van der Waals surface area contributed by atoms with Crippen LogP contribution in [-0.2, 0) is 14.6 Å². The van der Waals surface area contributed by atoms with Crippen LogP contribution in [0.2, 0.25) is 0 Å². The van der Waals surface area contributed by atoms with Gasteiger partial charge in [0.15, 0.2) is 9.84 Å². The zero-order valence-electron chi connectivity index (χ0n) is 20.3. The molecule has 1 amide bonds. The van der Waals surface area contributed by atoms with Crippen LogP contribution >= 0.6 is 0 Å². The van der Waals surface area contributed by atoms with E-state index < -0.39 is 15.9 Å². The van der Waals surface area contributed by atoms with E-state index in [1.165, 1.54) is 12.3 Å². The molecule has 0 aliphatic rings. The molecule has 1 unspecified atom stereocenters. The molecule has 0 heterocycles. The van der Waals surface area contributed by atoms with Crippen molar-refractivity contribution in [3.63, 3.8) is 0 Å². The third kappa shape index (κ3) is 7.56. The average Bonchev–Trinajstić information content (AvgIpc) is 2.84. The van der Waals surface area contributed by atoms with E-state index in [0.29, 0.717) is 43.4 Å². The van der Waals surface area contributed by atoms with E-state index in [1.54, 1.807) is 18.2 Å². The number of anilines is 1. The van der Waals surface area contributed by atoms with Crippen molar-refractivity contribution in [3.05, 3.63) is 84.4 Å². The van der Waals surface area contributed by atoms with Gasteiger partial charge in [-0.05, 0) is 56.3 Å². The molecular weight excluding hydrogens is 464 g/mol. The van der Waals surface area contributed by atoms with Crippen LogP contribution in [-0.4, -0.2) is 52.3 Å². The fourth-order valence-corrected chi connectivity index (χ4v) is 4.38. The fraction of sp³-hybridized carbons (Fsp3) is 0.296. The number of likely N-dealkylation sites (N-methyl/N-ethyl adjacent to an activating group) is 1. The van der Waals surface area contributed by atoms with E-state index in [1.807, 2.05) is 73.5 Å². The van der Waals surface area contributed by atoms with Gasteiger partial charge in [0.25, 0.3) is 0 Å². The Labute approximate surface area is 207 Å². The summed E-state index contributed by atoms with van der Waals surface area (Å²) in [7, 11) is -1.40. The zero-order chi connectivity index (χ0) is 25.3. The molecule has 0 aromatic heterocycles. The van der Waals surface area contributed by atoms with Crippen LogP contribution in [0.15, 0.2) is 83.8 Å². The van der Waals surface area contributed by atoms with E-state index in [0.717, 1.165) is 5.56 Å². The van der Waals surface area contributed by atoms with Crippen LogP contribution in [0.5, 0.6) is 11.5 Å². The number of amides is 1. The monoisotopic (exact) mass is 496 g/mol. The molecule has 3 aromatic rings. The molecule has 186 valence electrons. The molecule has 7 nitrogen and oxygen atoms in total. The van der Waals surface area contributed by atoms with Gasteiger partial charge in [0.05, 0.1) is 23.8 Å². The molecule has 0 radical (unpaired) electrons. The van der Waals surface area contributed by atoms with Crippen molar-refractivity contribution in [2.75, 3.05) is 38.4 Å². The lowest BCUT2D eigenvalue weighted by Gasteiger charge is -2.28. The molecule has 0 saturated heterocycles. The van der Waals surface area contributed by atoms with Crippen LogP contribution in [0.25, 0.3) is 0 Å². The Morgan fingerprint density at radius 3 is 2.40 bits per heavy atom. The van der Waals surface area contributed by atoms with E-state index in [9.17, 15) is 13.2 Å². The van der Waals surface area contributed by atoms with Gasteiger partial charge in [0.1, 0.15) is 17.5 Å². The summed E-state index contributed by atoms with van der Waals surface area (Å²) in [6.45, 7) is 3.38. The highest BCUT2D eigenvalue weighted by Gasteiger charge is 2.25. The lowest BCUT2D eigenvalue weighted by Crippen LogP contribution is -2.35. The number of nitrogens with one attached hydrogen (secondary N) is 1. The zero-order valence-corrected chi connectivity index (χ0v) is 21.1. The number of carbonyl (C=O) groups excluding carboxylic acids is 1. The highest BCUT2D eigenvalue weighted by molar-refractivity contribution is 7.90. The Bertz CT molecular complexity index is 1220. The summed E-state index contributed by atoms with van der Waals surface area (Å²) >= 11 is 0. The van der Waals surface area contributed by atoms with Gasteiger partial charge in [-0.2, -0.15) is 0 Å². The van der Waals surface area contributed by atoms with E-state index in [4.69, 9.17) is 9.47 Å². The minimum Gasteiger partial charge on any atom is -0.494 e. The number of hydrogen-bond acceptors (Lipinski definition) is 6. The van der Waals surface area contributed by atoms with Crippen LogP contribution in [0.1, 0.15) is 24.9 Å². The van der Waals surface area contributed by atoms with Crippen molar-refractivity contribution in [2.24, 2.45) is 0 Å². The van der Waals surface area contributed by atoms with Gasteiger partial charge in [0, 0.05) is 12.8 Å². The number of rotatable bonds is 12. The Balaban J connectivity index is 1.66. The molecular formula is C27H32N2O5S. The highest BCUT2D eigenvalue weighted by Crippen LogP contribution is 2.27. The van der Waals surface area contributed by atoms with Crippen molar-refractivity contribution in [3.8, 4) is 11.5 Å². The second-order valence-electron chi connectivity index (χ2n) is 8.16. The largest absolute Gasteiger partial charge is 0.494 e. The van der Waals surface area contributed by atoms with Crippen molar-refractivity contribution in [1.29, 1.82) is 0 Å². The minimum atomic E-state index is -3.30. The lowest BCUT2D eigenvalue weighted by atomic mass is 10.0. The average molecular weight is 497 g/mol. The third-order valence-electron chi connectivity index (χ3n) is 5.41. The third-order valence-corrected chi connectivity index (χ3v) is 6.52. The highest BCUT2D eigenvalue weighted by atomic mass is 32.2. The molecule has 0 fully saturated rings. The smallest absolute Gasteiger partial charge is 0.246 e. The van der Waals surface area contributed by atoms with E-state index in [-0.39, 0.29) is 10.8 Å². The summed E-state index contributed by atoms with van der Waals surface area (Å²) in [5.74, 6) is 0.968. The maximum atomic E-state index is 13.4. The Morgan fingerprint density at radius 1 is 0.971 bits per heavy atom. The molecule has 3 aromatic carbocycles. The van der Waals surface area contributed by atoms with Gasteiger partial charge in [-0.25, -0.2) is 8.42 Å². The Hall–Kier alpha value is -3.36. The molecule has 0 saturated carbocycles. The van der Waals surface area contributed by atoms with Crippen LogP contribution in [0.4, 0.5) is 5.69 Å². The predicted octanol–water partition coefficient (Wildman–Crippen LogP) is 4.57. The van der Waals surface area contributed by atoms with Crippen LogP contribution in [0.3, 0.4) is 0 Å². The van der Waals surface area contributed by atoms with E-state index in [2.05, 4.69) is 5.32 Å². The molecule has 8 heteroatoms. The normalized spacial score (nSPS) is 12.2. The Morgan fingerprint density at radius 2 is 1.69 bits per heavy atom. The van der Waals surface area contributed by atoms with E-state index >= 15 is 0 Å². The summed E-state index contributed by atoms with van der Waals surface area (Å²) < 4.78 is 34.9. The molecule has 0 aliphatic carbocycles. The van der Waals surface area contributed by atoms with Crippen molar-refractivity contribution in [2.45, 2.75) is 24.3 Å². The first-order valence-corrected chi connectivity index (χ1v) is 13.4. The predicted molar refractivity (Wildman–Crippen MR) is 138 cm³/mol. The molecule has 0 bridgehead atoms. The number of sulfone groups is 1. The summed E-state index contributed by atoms with van der Waals surface area (Å²) in [6, 6.07) is 22.9. The number of benzene rings is 3. The Kier molecular flexibility index (Phi) is 9.28. The maximum Gasteiger partial charge on any atom is 0.246 e. The second kappa shape index (κ2) is 12.4. The number of carbonyl (C=O) groups is 1. The molecule has 1 N–H and O–H groups in total. The van der Waals surface area contributed by atoms with Crippen molar-refractivity contribution in [1.82, 2.24) is 4.90 Å². The van der Waals surface area contributed by atoms with Gasteiger partial charge in [-0.1, -0.05) is 48.5 Å². The topological polar surface area (TPSA) is 84.9 Å². The molecule has 0 spiro atoms. The van der Waals surface area contributed by atoms with Gasteiger partial charge < -0.3 is 14.8 Å². The molecule has 3 rings (SSSR count). The first-order valence-electron chi connectivity index (χ1n) is 11.5. The summed E-state index contributed by atoms with van der Waals surface area (Å²) in [6.07, 6.45) is 1.81. The molecule has 0 aliphatic heterocycles. The number of nitrogens with zero attached hydrogens (tertiary/aromatic N) is 1.